The summed E-state index contributed by atoms with van der Waals surface area (Å²) >= 11 is 0. The van der Waals surface area contributed by atoms with E-state index in [4.69, 9.17) is 10.5 Å². The number of benzene rings is 2. The number of ether oxygens (including phenoxy) is 1. The Morgan fingerprint density at radius 2 is 1.85 bits per heavy atom. The second-order valence-corrected chi connectivity index (χ2v) is 9.69. The summed E-state index contributed by atoms with van der Waals surface area (Å²) in [6, 6.07) is 19.2. The predicted octanol–water partition coefficient (Wildman–Crippen LogP) is 4.07. The summed E-state index contributed by atoms with van der Waals surface area (Å²) in [5.74, 6) is 3.47. The molecule has 170 valence electrons. The fraction of sp³-hybridized carbons (Fsp3) is 0.407. The molecule has 0 spiro atoms. The zero-order valence-electron chi connectivity index (χ0n) is 18.9. The second kappa shape index (κ2) is 8.67. The van der Waals surface area contributed by atoms with Gasteiger partial charge in [-0.25, -0.2) is 9.97 Å². The molecule has 6 rings (SSSR count). The largest absolute Gasteiger partial charge is 0.489 e. The van der Waals surface area contributed by atoms with Crippen LogP contribution < -0.4 is 15.4 Å². The highest BCUT2D eigenvalue weighted by Crippen LogP contribution is 2.46. The van der Waals surface area contributed by atoms with Gasteiger partial charge in [-0.05, 0) is 61.5 Å². The van der Waals surface area contributed by atoms with E-state index in [0.717, 1.165) is 35.2 Å². The van der Waals surface area contributed by atoms with Gasteiger partial charge in [0, 0.05) is 30.6 Å². The van der Waals surface area contributed by atoms with Crippen LogP contribution in [-0.2, 0) is 6.61 Å². The highest BCUT2D eigenvalue weighted by Gasteiger charge is 2.42. The molecule has 0 radical (unpaired) electrons. The second-order valence-electron chi connectivity index (χ2n) is 9.69. The van der Waals surface area contributed by atoms with Crippen molar-refractivity contribution in [3.05, 3.63) is 77.6 Å². The zero-order valence-corrected chi connectivity index (χ0v) is 18.9. The third-order valence-electron chi connectivity index (χ3n) is 7.52. The van der Waals surface area contributed by atoms with Crippen LogP contribution in [0.15, 0.2) is 60.9 Å². The van der Waals surface area contributed by atoms with Gasteiger partial charge in [-0.2, -0.15) is 0 Å². The summed E-state index contributed by atoms with van der Waals surface area (Å²) in [6.07, 6.45) is 5.46. The molecule has 33 heavy (non-hydrogen) atoms. The van der Waals surface area contributed by atoms with Crippen molar-refractivity contribution in [3.8, 4) is 5.75 Å². The highest BCUT2D eigenvalue weighted by molar-refractivity contribution is 5.66. The maximum absolute atomic E-state index is 6.40. The quantitative estimate of drug-likeness (QED) is 0.596. The van der Waals surface area contributed by atoms with E-state index in [1.165, 1.54) is 44.5 Å². The van der Waals surface area contributed by atoms with Crippen LogP contribution in [0.2, 0.25) is 0 Å². The number of anilines is 2. The smallest absolute Gasteiger partial charge is 0.138 e. The SMILES string of the molecule is Nc1ncnc2c1C(c1cccc(OCc3ccccc3)c1)CN2C1CC(CN2CCC2)C1. The van der Waals surface area contributed by atoms with Crippen LogP contribution in [-0.4, -0.2) is 47.1 Å². The molecule has 1 saturated carbocycles. The lowest BCUT2D eigenvalue weighted by Crippen LogP contribution is -2.50. The topological polar surface area (TPSA) is 67.5 Å². The van der Waals surface area contributed by atoms with Gasteiger partial charge in [0.15, 0.2) is 0 Å². The molecule has 0 bridgehead atoms. The van der Waals surface area contributed by atoms with Crippen molar-refractivity contribution in [2.75, 3.05) is 36.8 Å². The monoisotopic (exact) mass is 441 g/mol. The number of hydrogen-bond acceptors (Lipinski definition) is 6. The van der Waals surface area contributed by atoms with E-state index in [0.29, 0.717) is 18.5 Å². The minimum Gasteiger partial charge on any atom is -0.489 e. The average Bonchev–Trinajstić information content (AvgIpc) is 3.17. The third-order valence-corrected chi connectivity index (χ3v) is 7.52. The minimum absolute atomic E-state index is 0.163. The van der Waals surface area contributed by atoms with E-state index in [2.05, 4.69) is 50.1 Å². The van der Waals surface area contributed by atoms with E-state index in [1.807, 2.05) is 24.3 Å². The van der Waals surface area contributed by atoms with E-state index in [-0.39, 0.29) is 5.92 Å². The number of nitrogens with two attached hydrogens (primary N) is 1. The van der Waals surface area contributed by atoms with Crippen molar-refractivity contribution in [3.63, 3.8) is 0 Å². The molecule has 1 aliphatic carbocycles. The number of fused-ring (bicyclic) bond motifs is 1. The number of hydrogen-bond donors (Lipinski definition) is 1. The van der Waals surface area contributed by atoms with E-state index < -0.39 is 0 Å². The van der Waals surface area contributed by atoms with E-state index in [9.17, 15) is 0 Å². The van der Waals surface area contributed by atoms with E-state index >= 15 is 0 Å². The first-order valence-corrected chi connectivity index (χ1v) is 12.1. The Morgan fingerprint density at radius 1 is 1.00 bits per heavy atom. The number of rotatable bonds is 7. The molecule has 1 saturated heterocycles. The molecule has 1 atom stereocenters. The van der Waals surface area contributed by atoms with Gasteiger partial charge in [0.1, 0.15) is 30.3 Å². The third kappa shape index (κ3) is 4.04. The van der Waals surface area contributed by atoms with Crippen LogP contribution in [0.25, 0.3) is 0 Å². The fourth-order valence-electron chi connectivity index (χ4n) is 5.53. The summed E-state index contributed by atoms with van der Waals surface area (Å²) in [4.78, 5) is 14.1. The molecule has 3 heterocycles. The summed E-state index contributed by atoms with van der Waals surface area (Å²) in [6.45, 7) is 5.28. The lowest BCUT2D eigenvalue weighted by molar-refractivity contribution is 0.108. The van der Waals surface area contributed by atoms with Gasteiger partial charge in [0.25, 0.3) is 0 Å². The first-order valence-electron chi connectivity index (χ1n) is 12.1. The van der Waals surface area contributed by atoms with Crippen LogP contribution in [0.5, 0.6) is 5.75 Å². The number of nitrogen functional groups attached to an aromatic ring is 1. The highest BCUT2D eigenvalue weighted by atomic mass is 16.5. The number of likely N-dealkylation sites (tertiary alicyclic amines) is 1. The molecule has 0 amide bonds. The molecule has 3 aliphatic rings. The summed E-state index contributed by atoms with van der Waals surface area (Å²) in [5, 5.41) is 0. The Hall–Kier alpha value is -3.12. The van der Waals surface area contributed by atoms with Crippen LogP contribution in [0.4, 0.5) is 11.6 Å². The van der Waals surface area contributed by atoms with Crippen molar-refractivity contribution >= 4 is 11.6 Å². The van der Waals surface area contributed by atoms with Crippen LogP contribution in [0.3, 0.4) is 0 Å². The Kier molecular flexibility index (Phi) is 5.38. The molecule has 6 heteroatoms. The molecule has 6 nitrogen and oxygen atoms in total. The van der Waals surface area contributed by atoms with Gasteiger partial charge < -0.3 is 20.3 Å². The normalized spacial score (nSPS) is 24.1. The lowest BCUT2D eigenvalue weighted by atomic mass is 9.78. The van der Waals surface area contributed by atoms with Gasteiger partial charge in [-0.1, -0.05) is 42.5 Å². The summed E-state index contributed by atoms with van der Waals surface area (Å²) < 4.78 is 6.10. The maximum atomic E-state index is 6.40. The lowest BCUT2D eigenvalue weighted by Gasteiger charge is -2.45. The number of aromatic nitrogens is 2. The van der Waals surface area contributed by atoms with Crippen molar-refractivity contribution in [2.45, 2.75) is 37.8 Å². The van der Waals surface area contributed by atoms with Crippen molar-refractivity contribution in [2.24, 2.45) is 5.92 Å². The molecule has 2 aromatic carbocycles. The van der Waals surface area contributed by atoms with Gasteiger partial charge in [-0.15, -0.1) is 0 Å². The van der Waals surface area contributed by atoms with Crippen molar-refractivity contribution < 1.29 is 4.74 Å². The summed E-state index contributed by atoms with van der Waals surface area (Å²) in [7, 11) is 0. The van der Waals surface area contributed by atoms with Crippen LogP contribution in [0.1, 0.15) is 41.9 Å². The van der Waals surface area contributed by atoms with Gasteiger partial charge in [-0.3, -0.25) is 0 Å². The zero-order chi connectivity index (χ0) is 22.2. The maximum Gasteiger partial charge on any atom is 0.138 e. The molecule has 2 N–H and O–H groups in total. The molecule has 3 aromatic rings. The Morgan fingerprint density at radius 3 is 2.64 bits per heavy atom. The fourth-order valence-corrected chi connectivity index (χ4v) is 5.53. The number of nitrogens with zero attached hydrogens (tertiary/aromatic N) is 4. The van der Waals surface area contributed by atoms with Gasteiger partial charge in [0.2, 0.25) is 0 Å². The molecule has 1 unspecified atom stereocenters. The molecular formula is C27H31N5O. The minimum atomic E-state index is 0.163. The van der Waals surface area contributed by atoms with Crippen molar-refractivity contribution in [1.29, 1.82) is 0 Å². The molecule has 1 aromatic heterocycles. The molecule has 2 fully saturated rings. The molecule has 2 aliphatic heterocycles. The standard InChI is InChI=1S/C27H31N5O/c28-26-25-24(21-8-4-9-23(14-21)33-17-19-6-2-1-3-7-19)16-32(27(25)30-18-29-26)22-12-20(13-22)15-31-10-5-11-31/h1-4,6-9,14,18,20,22,24H,5,10-13,15-17H2,(H2,28,29,30). The van der Waals surface area contributed by atoms with Crippen molar-refractivity contribution in [1.82, 2.24) is 14.9 Å². The van der Waals surface area contributed by atoms with Gasteiger partial charge in [0.05, 0.1) is 0 Å². The Bertz CT molecular complexity index is 1110. The summed E-state index contributed by atoms with van der Waals surface area (Å²) in [5.41, 5.74) is 9.84. The van der Waals surface area contributed by atoms with Crippen LogP contribution >= 0.6 is 0 Å². The van der Waals surface area contributed by atoms with E-state index in [1.54, 1.807) is 6.33 Å². The Balaban J connectivity index is 1.19. The van der Waals surface area contributed by atoms with Gasteiger partial charge >= 0.3 is 0 Å². The average molecular weight is 442 g/mol. The molecular weight excluding hydrogens is 410 g/mol. The van der Waals surface area contributed by atoms with Crippen LogP contribution in [0, 0.1) is 5.92 Å². The first-order chi connectivity index (χ1) is 16.2. The predicted molar refractivity (Wildman–Crippen MR) is 130 cm³/mol. The first kappa shape index (κ1) is 20.5. The Labute approximate surface area is 195 Å².